The summed E-state index contributed by atoms with van der Waals surface area (Å²) in [6.45, 7) is -1.07. The molecule has 0 radical (unpaired) electrons. The Labute approximate surface area is 151 Å². The average Bonchev–Trinajstić information content (AvgIpc) is 2.63. The van der Waals surface area contributed by atoms with Crippen molar-refractivity contribution in [2.24, 2.45) is 0 Å². The molecule has 0 aliphatic heterocycles. The summed E-state index contributed by atoms with van der Waals surface area (Å²) in [5, 5.41) is 16.3. The van der Waals surface area contributed by atoms with Gasteiger partial charge in [0.1, 0.15) is 5.69 Å². The zero-order valence-electron chi connectivity index (χ0n) is 13.8. The van der Waals surface area contributed by atoms with Crippen LogP contribution in [0.3, 0.4) is 0 Å². The number of nitrogens with one attached hydrogen (secondary N) is 2. The molecule has 0 bridgehead atoms. The van der Waals surface area contributed by atoms with Gasteiger partial charge in [-0.1, -0.05) is 12.1 Å². The van der Waals surface area contributed by atoms with E-state index in [-0.39, 0.29) is 30.2 Å². The number of halogens is 3. The van der Waals surface area contributed by atoms with Crippen LogP contribution in [0.5, 0.6) is 5.88 Å². The molecule has 0 atom stereocenters. The lowest BCUT2D eigenvalue weighted by molar-refractivity contribution is -0.384. The van der Waals surface area contributed by atoms with Crippen molar-refractivity contribution in [3.05, 3.63) is 58.3 Å². The molecule has 1 heterocycles. The molecule has 1 aromatic heterocycles. The van der Waals surface area contributed by atoms with Crippen molar-refractivity contribution in [2.75, 3.05) is 25.0 Å². The molecular formula is C16H15F3N4O4. The monoisotopic (exact) mass is 384 g/mol. The molecule has 0 saturated carbocycles. The molecule has 27 heavy (non-hydrogen) atoms. The molecule has 1 aromatic carbocycles. The second kappa shape index (κ2) is 8.83. The molecule has 144 valence electrons. The van der Waals surface area contributed by atoms with Gasteiger partial charge in [0.25, 0.3) is 11.6 Å². The first kappa shape index (κ1) is 19.9. The number of nitro benzene ring substituents is 1. The van der Waals surface area contributed by atoms with E-state index in [9.17, 15) is 28.1 Å². The molecular weight excluding hydrogens is 369 g/mol. The highest BCUT2D eigenvalue weighted by atomic mass is 19.4. The van der Waals surface area contributed by atoms with Gasteiger partial charge in [0.2, 0.25) is 5.88 Å². The molecule has 0 unspecified atom stereocenters. The number of hydrogen-bond acceptors (Lipinski definition) is 6. The van der Waals surface area contributed by atoms with Crippen molar-refractivity contribution >= 4 is 17.3 Å². The number of anilines is 1. The van der Waals surface area contributed by atoms with Gasteiger partial charge in [0.15, 0.2) is 6.61 Å². The van der Waals surface area contributed by atoms with E-state index in [0.29, 0.717) is 5.69 Å². The quantitative estimate of drug-likeness (QED) is 0.412. The van der Waals surface area contributed by atoms with Crippen molar-refractivity contribution in [1.29, 1.82) is 0 Å². The number of nitro groups is 1. The van der Waals surface area contributed by atoms with Crippen LogP contribution in [-0.4, -0.2) is 41.7 Å². The number of pyridine rings is 1. The van der Waals surface area contributed by atoms with Crippen LogP contribution in [0, 0.1) is 10.1 Å². The summed E-state index contributed by atoms with van der Waals surface area (Å²) in [7, 11) is 0. The van der Waals surface area contributed by atoms with Crippen molar-refractivity contribution in [1.82, 2.24) is 10.3 Å². The van der Waals surface area contributed by atoms with Crippen LogP contribution >= 0.6 is 0 Å². The molecule has 0 saturated heterocycles. The number of benzene rings is 1. The van der Waals surface area contributed by atoms with E-state index < -0.39 is 23.6 Å². The standard InChI is InChI=1S/C16H15F3N4O4/c17-16(18,19)10-27-14-6-5-11(9-22-14)15(24)21-8-7-20-12-3-1-2-4-13(12)23(25)26/h1-6,9,20H,7-8,10H2,(H,21,24). The molecule has 0 fully saturated rings. The highest BCUT2D eigenvalue weighted by Crippen LogP contribution is 2.22. The fourth-order valence-corrected chi connectivity index (χ4v) is 2.01. The number of alkyl halides is 3. The molecule has 8 nitrogen and oxygen atoms in total. The predicted octanol–water partition coefficient (Wildman–Crippen LogP) is 2.77. The third kappa shape index (κ3) is 6.45. The van der Waals surface area contributed by atoms with Gasteiger partial charge in [-0.05, 0) is 12.1 Å². The smallest absolute Gasteiger partial charge is 0.422 e. The lowest BCUT2D eigenvalue weighted by atomic mass is 10.2. The van der Waals surface area contributed by atoms with Crippen LogP contribution < -0.4 is 15.4 Å². The Morgan fingerprint density at radius 3 is 2.56 bits per heavy atom. The zero-order valence-corrected chi connectivity index (χ0v) is 13.8. The molecule has 2 rings (SSSR count). The number of aromatic nitrogens is 1. The van der Waals surface area contributed by atoms with Crippen LogP contribution in [0.1, 0.15) is 10.4 Å². The van der Waals surface area contributed by atoms with Crippen LogP contribution in [0.15, 0.2) is 42.6 Å². The van der Waals surface area contributed by atoms with E-state index >= 15 is 0 Å². The summed E-state index contributed by atoms with van der Waals surface area (Å²) in [6.07, 6.45) is -3.38. The zero-order chi connectivity index (χ0) is 19.9. The normalized spacial score (nSPS) is 10.9. The van der Waals surface area contributed by atoms with Crippen molar-refractivity contribution < 1.29 is 27.6 Å². The highest BCUT2D eigenvalue weighted by molar-refractivity contribution is 5.93. The SMILES string of the molecule is O=C(NCCNc1ccccc1[N+](=O)[O-])c1ccc(OCC(F)(F)F)nc1. The summed E-state index contributed by atoms with van der Waals surface area (Å²) in [4.78, 5) is 26.0. The van der Waals surface area contributed by atoms with Crippen LogP contribution in [0.2, 0.25) is 0 Å². The number of carbonyl (C=O) groups is 1. The average molecular weight is 384 g/mol. The van der Waals surface area contributed by atoms with Crippen LogP contribution in [0.4, 0.5) is 24.5 Å². The Balaban J connectivity index is 1.80. The van der Waals surface area contributed by atoms with E-state index in [1.165, 1.54) is 12.1 Å². The van der Waals surface area contributed by atoms with Gasteiger partial charge in [-0.15, -0.1) is 0 Å². The molecule has 0 spiro atoms. The molecule has 11 heteroatoms. The minimum atomic E-state index is -4.47. The number of carbonyl (C=O) groups excluding carboxylic acids is 1. The van der Waals surface area contributed by atoms with Crippen LogP contribution in [0.25, 0.3) is 0 Å². The molecule has 1 amide bonds. The van der Waals surface area contributed by atoms with Gasteiger partial charge >= 0.3 is 6.18 Å². The molecule has 2 N–H and O–H groups in total. The van der Waals surface area contributed by atoms with E-state index in [1.54, 1.807) is 18.2 Å². The van der Waals surface area contributed by atoms with Gasteiger partial charge in [0, 0.05) is 31.4 Å². The number of hydrogen-bond donors (Lipinski definition) is 2. The Bertz CT molecular complexity index is 797. The Morgan fingerprint density at radius 2 is 1.93 bits per heavy atom. The van der Waals surface area contributed by atoms with Gasteiger partial charge in [0.05, 0.1) is 10.5 Å². The predicted molar refractivity (Wildman–Crippen MR) is 89.7 cm³/mol. The van der Waals surface area contributed by atoms with Crippen molar-refractivity contribution in [2.45, 2.75) is 6.18 Å². The third-order valence-electron chi connectivity index (χ3n) is 3.21. The molecule has 2 aromatic rings. The second-order valence-electron chi connectivity index (χ2n) is 5.25. The lowest BCUT2D eigenvalue weighted by Crippen LogP contribution is -2.29. The number of nitrogens with zero attached hydrogens (tertiary/aromatic N) is 2. The first-order valence-corrected chi connectivity index (χ1v) is 7.67. The Kier molecular flexibility index (Phi) is 6.52. The van der Waals surface area contributed by atoms with Gasteiger partial charge < -0.3 is 15.4 Å². The van der Waals surface area contributed by atoms with Crippen LogP contribution in [-0.2, 0) is 0 Å². The fourth-order valence-electron chi connectivity index (χ4n) is 2.01. The summed E-state index contributed by atoms with van der Waals surface area (Å²) in [5.41, 5.74) is 0.382. The number of para-hydroxylation sites is 2. The summed E-state index contributed by atoms with van der Waals surface area (Å²) >= 11 is 0. The van der Waals surface area contributed by atoms with E-state index in [1.807, 2.05) is 0 Å². The number of rotatable bonds is 8. The Morgan fingerprint density at radius 1 is 1.19 bits per heavy atom. The maximum absolute atomic E-state index is 12.1. The maximum atomic E-state index is 12.1. The van der Waals surface area contributed by atoms with Crippen molar-refractivity contribution in [3.8, 4) is 5.88 Å². The summed E-state index contributed by atoms with van der Waals surface area (Å²) in [5.74, 6) is -0.740. The molecule has 0 aliphatic carbocycles. The minimum Gasteiger partial charge on any atom is -0.468 e. The lowest BCUT2D eigenvalue weighted by Gasteiger charge is -2.10. The minimum absolute atomic E-state index is 0.0810. The van der Waals surface area contributed by atoms with E-state index in [4.69, 9.17) is 0 Å². The van der Waals surface area contributed by atoms with Crippen molar-refractivity contribution in [3.63, 3.8) is 0 Å². The topological polar surface area (TPSA) is 106 Å². The molecule has 0 aliphatic rings. The second-order valence-corrected chi connectivity index (χ2v) is 5.25. The Hall–Kier alpha value is -3.37. The first-order chi connectivity index (χ1) is 12.8. The maximum Gasteiger partial charge on any atom is 0.422 e. The number of amides is 1. The third-order valence-corrected chi connectivity index (χ3v) is 3.21. The fraction of sp³-hybridized carbons (Fsp3) is 0.250. The number of ether oxygens (including phenoxy) is 1. The first-order valence-electron chi connectivity index (χ1n) is 7.67. The van der Waals surface area contributed by atoms with Gasteiger partial charge in [-0.25, -0.2) is 4.98 Å². The van der Waals surface area contributed by atoms with E-state index in [2.05, 4.69) is 20.4 Å². The van der Waals surface area contributed by atoms with Gasteiger partial charge in [-0.3, -0.25) is 14.9 Å². The summed E-state index contributed by atoms with van der Waals surface area (Å²) in [6, 6.07) is 8.52. The highest BCUT2D eigenvalue weighted by Gasteiger charge is 2.28. The van der Waals surface area contributed by atoms with E-state index in [0.717, 1.165) is 12.3 Å². The summed E-state index contributed by atoms with van der Waals surface area (Å²) < 4.78 is 40.6. The van der Waals surface area contributed by atoms with Gasteiger partial charge in [-0.2, -0.15) is 13.2 Å². The largest absolute Gasteiger partial charge is 0.468 e.